The Morgan fingerprint density at radius 3 is 2.57 bits per heavy atom. The van der Waals surface area contributed by atoms with Crippen LogP contribution in [-0.4, -0.2) is 48.3 Å². The van der Waals surface area contributed by atoms with Crippen LogP contribution in [0.1, 0.15) is 34.5 Å². The highest BCUT2D eigenvalue weighted by Crippen LogP contribution is 2.20. The first-order chi connectivity index (χ1) is 13.6. The van der Waals surface area contributed by atoms with Gasteiger partial charge in [-0.25, -0.2) is 0 Å². The molecule has 2 N–H and O–H groups in total. The molecule has 148 valence electrons. The van der Waals surface area contributed by atoms with Gasteiger partial charge in [-0.1, -0.05) is 24.3 Å². The number of hydrogen-bond acceptors (Lipinski definition) is 4. The lowest BCUT2D eigenvalue weighted by Gasteiger charge is -2.24. The first kappa shape index (κ1) is 20.1. The minimum Gasteiger partial charge on any atom is -0.354 e. The molecule has 0 saturated carbocycles. The lowest BCUT2D eigenvalue weighted by Crippen LogP contribution is -2.46. The normalized spacial score (nSPS) is 16.0. The average molecular weight is 400 g/mol. The van der Waals surface area contributed by atoms with Crippen LogP contribution in [0.2, 0.25) is 0 Å². The van der Waals surface area contributed by atoms with Gasteiger partial charge < -0.3 is 15.5 Å². The quantitative estimate of drug-likeness (QED) is 0.668. The van der Waals surface area contributed by atoms with Crippen molar-refractivity contribution in [1.29, 1.82) is 0 Å². The van der Waals surface area contributed by atoms with Crippen LogP contribution < -0.4 is 10.6 Å². The monoisotopic (exact) mass is 399 g/mol. The van der Waals surface area contributed by atoms with E-state index >= 15 is 0 Å². The summed E-state index contributed by atoms with van der Waals surface area (Å²) in [5.74, 6) is -0.213. The standard InChI is InChI=1S/C21H25N3O3S/c25-19(15-17-9-5-14-28-17)24-13-4-10-18(24)21(27)23-12-6-11-22-20(26)16-7-2-1-3-8-16/h1-3,5,7-9,14,18H,4,6,10-13,15H2,(H,22,26)(H,23,27)/t18-/m0/s1. The van der Waals surface area contributed by atoms with Gasteiger partial charge in [-0.3, -0.25) is 14.4 Å². The van der Waals surface area contributed by atoms with E-state index in [4.69, 9.17) is 0 Å². The predicted octanol–water partition coefficient (Wildman–Crippen LogP) is 2.22. The molecule has 6 nitrogen and oxygen atoms in total. The molecule has 1 aliphatic rings. The summed E-state index contributed by atoms with van der Waals surface area (Å²) in [6, 6.07) is 12.5. The summed E-state index contributed by atoms with van der Waals surface area (Å²) in [5.41, 5.74) is 0.623. The second kappa shape index (κ2) is 10.0. The molecule has 1 aromatic heterocycles. The van der Waals surface area contributed by atoms with Gasteiger partial charge in [-0.2, -0.15) is 0 Å². The molecule has 2 aromatic rings. The molecule has 1 atom stereocenters. The van der Waals surface area contributed by atoms with Gasteiger partial charge in [0.05, 0.1) is 6.42 Å². The second-order valence-electron chi connectivity index (χ2n) is 6.77. The van der Waals surface area contributed by atoms with E-state index in [0.29, 0.717) is 44.5 Å². The van der Waals surface area contributed by atoms with Crippen molar-refractivity contribution in [2.45, 2.75) is 31.7 Å². The predicted molar refractivity (Wildman–Crippen MR) is 109 cm³/mol. The summed E-state index contributed by atoms with van der Waals surface area (Å²) in [7, 11) is 0. The van der Waals surface area contributed by atoms with Crippen LogP contribution in [0.4, 0.5) is 0 Å². The second-order valence-corrected chi connectivity index (χ2v) is 7.80. The summed E-state index contributed by atoms with van der Waals surface area (Å²) < 4.78 is 0. The Morgan fingerprint density at radius 2 is 1.82 bits per heavy atom. The largest absolute Gasteiger partial charge is 0.354 e. The number of likely N-dealkylation sites (tertiary alicyclic amines) is 1. The highest BCUT2D eigenvalue weighted by molar-refractivity contribution is 7.10. The maximum absolute atomic E-state index is 12.5. The first-order valence-corrected chi connectivity index (χ1v) is 10.5. The molecule has 0 aliphatic carbocycles. The molecule has 1 saturated heterocycles. The molecule has 3 amide bonds. The van der Waals surface area contributed by atoms with Crippen LogP contribution in [0.3, 0.4) is 0 Å². The van der Waals surface area contributed by atoms with E-state index in [-0.39, 0.29) is 23.8 Å². The molecule has 0 spiro atoms. The average Bonchev–Trinajstić information content (AvgIpc) is 3.40. The van der Waals surface area contributed by atoms with Crippen LogP contribution in [-0.2, 0) is 16.0 Å². The number of carbonyl (C=O) groups excluding carboxylic acids is 3. The van der Waals surface area contributed by atoms with Crippen molar-refractivity contribution < 1.29 is 14.4 Å². The van der Waals surface area contributed by atoms with Crippen molar-refractivity contribution >= 4 is 29.1 Å². The third-order valence-electron chi connectivity index (χ3n) is 4.76. The topological polar surface area (TPSA) is 78.5 Å². The maximum Gasteiger partial charge on any atom is 0.251 e. The van der Waals surface area contributed by atoms with E-state index in [1.54, 1.807) is 28.4 Å². The Labute approximate surface area is 168 Å². The van der Waals surface area contributed by atoms with E-state index in [2.05, 4.69) is 10.6 Å². The van der Waals surface area contributed by atoms with Gasteiger partial charge in [-0.15, -0.1) is 11.3 Å². The Kier molecular flexibility index (Phi) is 7.19. The van der Waals surface area contributed by atoms with E-state index in [1.165, 1.54) is 0 Å². The zero-order valence-electron chi connectivity index (χ0n) is 15.7. The summed E-state index contributed by atoms with van der Waals surface area (Å²) in [6.07, 6.45) is 2.54. The zero-order valence-corrected chi connectivity index (χ0v) is 16.5. The lowest BCUT2D eigenvalue weighted by atomic mass is 10.2. The maximum atomic E-state index is 12.5. The van der Waals surface area contributed by atoms with Crippen molar-refractivity contribution in [3.05, 3.63) is 58.3 Å². The van der Waals surface area contributed by atoms with Crippen LogP contribution in [0.25, 0.3) is 0 Å². The Balaban J connectivity index is 1.38. The Bertz CT molecular complexity index is 792. The number of carbonyl (C=O) groups is 3. The van der Waals surface area contributed by atoms with Crippen molar-refractivity contribution in [3.63, 3.8) is 0 Å². The van der Waals surface area contributed by atoms with Crippen LogP contribution >= 0.6 is 11.3 Å². The van der Waals surface area contributed by atoms with Gasteiger partial charge in [0.1, 0.15) is 6.04 Å². The highest BCUT2D eigenvalue weighted by atomic mass is 32.1. The molecule has 28 heavy (non-hydrogen) atoms. The minimum atomic E-state index is -0.383. The number of nitrogens with zero attached hydrogens (tertiary/aromatic N) is 1. The Hall–Kier alpha value is -2.67. The third kappa shape index (κ3) is 5.42. The number of hydrogen-bond donors (Lipinski definition) is 2. The van der Waals surface area contributed by atoms with E-state index in [0.717, 1.165) is 11.3 Å². The van der Waals surface area contributed by atoms with Gasteiger partial charge >= 0.3 is 0 Å². The smallest absolute Gasteiger partial charge is 0.251 e. The fourth-order valence-corrected chi connectivity index (χ4v) is 4.01. The van der Waals surface area contributed by atoms with Crippen molar-refractivity contribution in [1.82, 2.24) is 15.5 Å². The molecular weight excluding hydrogens is 374 g/mol. The van der Waals surface area contributed by atoms with Gasteiger partial charge in [0.25, 0.3) is 5.91 Å². The molecular formula is C21H25N3O3S. The molecule has 1 aromatic carbocycles. The SMILES string of the molecule is O=C(NCCCNC(=O)[C@@H]1CCCN1C(=O)Cc1cccs1)c1ccccc1. The minimum absolute atomic E-state index is 0.00947. The number of benzene rings is 1. The van der Waals surface area contributed by atoms with E-state index in [9.17, 15) is 14.4 Å². The molecule has 1 fully saturated rings. The number of rotatable bonds is 8. The summed E-state index contributed by atoms with van der Waals surface area (Å²) in [5, 5.41) is 7.69. The fraction of sp³-hybridized carbons (Fsp3) is 0.381. The molecule has 7 heteroatoms. The Morgan fingerprint density at radius 1 is 1.04 bits per heavy atom. The van der Waals surface area contributed by atoms with Crippen LogP contribution in [0, 0.1) is 0 Å². The number of nitrogens with one attached hydrogen (secondary N) is 2. The third-order valence-corrected chi connectivity index (χ3v) is 5.63. The van der Waals surface area contributed by atoms with Gasteiger partial charge in [0.2, 0.25) is 11.8 Å². The number of amides is 3. The lowest BCUT2D eigenvalue weighted by molar-refractivity contribution is -0.137. The molecule has 2 heterocycles. The van der Waals surface area contributed by atoms with Crippen LogP contribution in [0.15, 0.2) is 47.8 Å². The van der Waals surface area contributed by atoms with E-state index < -0.39 is 0 Å². The van der Waals surface area contributed by atoms with Gasteiger partial charge in [0, 0.05) is 30.1 Å². The molecule has 0 bridgehead atoms. The molecule has 0 radical (unpaired) electrons. The highest BCUT2D eigenvalue weighted by Gasteiger charge is 2.33. The molecule has 3 rings (SSSR count). The van der Waals surface area contributed by atoms with Crippen molar-refractivity contribution in [3.8, 4) is 0 Å². The van der Waals surface area contributed by atoms with E-state index in [1.807, 2.05) is 35.7 Å². The zero-order chi connectivity index (χ0) is 19.8. The van der Waals surface area contributed by atoms with Crippen molar-refractivity contribution in [2.24, 2.45) is 0 Å². The molecule has 1 aliphatic heterocycles. The number of thiophene rings is 1. The van der Waals surface area contributed by atoms with Crippen LogP contribution in [0.5, 0.6) is 0 Å². The fourth-order valence-electron chi connectivity index (χ4n) is 3.31. The summed E-state index contributed by atoms with van der Waals surface area (Å²) in [4.78, 5) is 39.7. The van der Waals surface area contributed by atoms with Gasteiger partial charge in [-0.05, 0) is 42.8 Å². The van der Waals surface area contributed by atoms with Gasteiger partial charge in [0.15, 0.2) is 0 Å². The molecule has 0 unspecified atom stereocenters. The van der Waals surface area contributed by atoms with Crippen molar-refractivity contribution in [2.75, 3.05) is 19.6 Å². The summed E-state index contributed by atoms with van der Waals surface area (Å²) in [6.45, 7) is 1.59. The first-order valence-electron chi connectivity index (χ1n) is 9.58. The summed E-state index contributed by atoms with van der Waals surface area (Å²) >= 11 is 1.56.